The Bertz CT molecular complexity index is 952. The molecule has 7 heteroatoms. The van der Waals surface area contributed by atoms with Crippen molar-refractivity contribution < 1.29 is 14.3 Å². The van der Waals surface area contributed by atoms with Gasteiger partial charge in [0.2, 0.25) is 5.91 Å². The van der Waals surface area contributed by atoms with E-state index in [9.17, 15) is 9.59 Å². The van der Waals surface area contributed by atoms with Gasteiger partial charge in [-0.25, -0.2) is 9.78 Å². The molecule has 0 spiro atoms. The number of benzene rings is 2. The molecular weight excluding hydrogens is 356 g/mol. The fourth-order valence-corrected chi connectivity index (χ4v) is 3.45. The van der Waals surface area contributed by atoms with E-state index in [1.54, 1.807) is 16.7 Å². The van der Waals surface area contributed by atoms with E-state index >= 15 is 0 Å². The number of hydrogen-bond acceptors (Lipinski definition) is 4. The van der Waals surface area contributed by atoms with Crippen molar-refractivity contribution in [3.63, 3.8) is 0 Å². The number of hydrogen-bond donors (Lipinski definition) is 1. The van der Waals surface area contributed by atoms with Crippen molar-refractivity contribution in [3.8, 4) is 0 Å². The Morgan fingerprint density at radius 3 is 2.61 bits per heavy atom. The molecule has 1 aliphatic heterocycles. The minimum atomic E-state index is -0.405. The molecule has 1 aromatic heterocycles. The molecule has 144 valence electrons. The lowest BCUT2D eigenvalue weighted by Crippen LogP contribution is -2.52. The van der Waals surface area contributed by atoms with Gasteiger partial charge in [0.15, 0.2) is 0 Å². The Labute approximate surface area is 162 Å². The molecule has 1 fully saturated rings. The minimum absolute atomic E-state index is 0.0154. The third-order valence-corrected chi connectivity index (χ3v) is 4.99. The van der Waals surface area contributed by atoms with Gasteiger partial charge in [-0.1, -0.05) is 42.5 Å². The van der Waals surface area contributed by atoms with E-state index in [-0.39, 0.29) is 18.6 Å². The molecule has 0 bridgehead atoms. The molecule has 2 aromatic carbocycles. The highest BCUT2D eigenvalue weighted by atomic mass is 16.6. The number of amides is 2. The van der Waals surface area contributed by atoms with Gasteiger partial charge in [-0.05, 0) is 17.7 Å². The number of piperazine rings is 1. The van der Waals surface area contributed by atoms with E-state index in [0.717, 1.165) is 16.6 Å². The normalized spacial score (nSPS) is 17.0. The van der Waals surface area contributed by atoms with Crippen molar-refractivity contribution in [1.82, 2.24) is 19.8 Å². The summed E-state index contributed by atoms with van der Waals surface area (Å²) in [5.41, 5.74) is 2.66. The van der Waals surface area contributed by atoms with Crippen molar-refractivity contribution in [2.45, 2.75) is 19.6 Å². The molecule has 4 rings (SSSR count). The summed E-state index contributed by atoms with van der Waals surface area (Å²) in [5.74, 6) is 0.641. The van der Waals surface area contributed by atoms with Crippen LogP contribution in [0.1, 0.15) is 24.4 Å². The molecular formula is C21H22N4O3. The number of nitrogens with one attached hydrogen (secondary N) is 1. The van der Waals surface area contributed by atoms with Crippen LogP contribution in [0.4, 0.5) is 4.79 Å². The lowest BCUT2D eigenvalue weighted by molar-refractivity contribution is -0.131. The Balaban J connectivity index is 1.56. The number of carbonyl (C=O) groups excluding carboxylic acids is 2. The molecule has 0 radical (unpaired) electrons. The summed E-state index contributed by atoms with van der Waals surface area (Å²) < 4.78 is 5.53. The molecule has 1 saturated heterocycles. The van der Waals surface area contributed by atoms with Gasteiger partial charge in [-0.15, -0.1) is 0 Å². The second-order valence-electron chi connectivity index (χ2n) is 6.85. The molecule has 28 heavy (non-hydrogen) atoms. The first kappa shape index (κ1) is 18.0. The van der Waals surface area contributed by atoms with Gasteiger partial charge in [-0.2, -0.15) is 0 Å². The van der Waals surface area contributed by atoms with Crippen molar-refractivity contribution >= 4 is 23.0 Å². The maximum Gasteiger partial charge on any atom is 0.410 e. The first-order chi connectivity index (χ1) is 13.6. The van der Waals surface area contributed by atoms with E-state index in [0.29, 0.717) is 25.5 Å². The Hall–Kier alpha value is -3.35. The van der Waals surface area contributed by atoms with Crippen LogP contribution in [0.25, 0.3) is 11.0 Å². The average Bonchev–Trinajstić information content (AvgIpc) is 3.16. The summed E-state index contributed by atoms with van der Waals surface area (Å²) in [5, 5.41) is 0. The van der Waals surface area contributed by atoms with E-state index in [2.05, 4.69) is 9.97 Å². The Morgan fingerprint density at radius 2 is 1.86 bits per heavy atom. The summed E-state index contributed by atoms with van der Waals surface area (Å²) >= 11 is 0. The van der Waals surface area contributed by atoms with Gasteiger partial charge in [0.25, 0.3) is 0 Å². The highest BCUT2D eigenvalue weighted by Gasteiger charge is 2.35. The number of para-hydroxylation sites is 2. The van der Waals surface area contributed by atoms with Crippen LogP contribution in [0.2, 0.25) is 0 Å². The highest BCUT2D eigenvalue weighted by Crippen LogP contribution is 2.26. The number of imidazole rings is 1. The zero-order valence-electron chi connectivity index (χ0n) is 15.7. The van der Waals surface area contributed by atoms with E-state index in [4.69, 9.17) is 4.74 Å². The predicted octanol–water partition coefficient (Wildman–Crippen LogP) is 3.10. The monoisotopic (exact) mass is 378 g/mol. The lowest BCUT2D eigenvalue weighted by Gasteiger charge is -2.39. The molecule has 1 atom stereocenters. The van der Waals surface area contributed by atoms with Crippen molar-refractivity contribution in [3.05, 3.63) is 66.0 Å². The number of nitrogens with zero attached hydrogens (tertiary/aromatic N) is 3. The number of aromatic nitrogens is 2. The quantitative estimate of drug-likeness (QED) is 0.760. The van der Waals surface area contributed by atoms with Crippen LogP contribution in [-0.4, -0.2) is 51.4 Å². The first-order valence-electron chi connectivity index (χ1n) is 9.29. The van der Waals surface area contributed by atoms with Crippen molar-refractivity contribution in [2.24, 2.45) is 0 Å². The molecule has 1 unspecified atom stereocenters. The van der Waals surface area contributed by atoms with E-state index in [1.807, 2.05) is 54.6 Å². The standard InChI is InChI=1S/C21H22N4O3/c1-15(26)24-11-12-25(21(27)28-14-16-7-3-2-4-8-16)19(13-24)20-22-17-9-5-6-10-18(17)23-20/h2-10,19H,11-14H2,1H3,(H,22,23). The molecule has 0 saturated carbocycles. The lowest BCUT2D eigenvalue weighted by atomic mass is 10.1. The zero-order valence-corrected chi connectivity index (χ0v) is 15.7. The van der Waals surface area contributed by atoms with Crippen LogP contribution >= 0.6 is 0 Å². The van der Waals surface area contributed by atoms with Gasteiger partial charge in [0.05, 0.1) is 11.0 Å². The topological polar surface area (TPSA) is 78.5 Å². The predicted molar refractivity (Wildman–Crippen MR) is 104 cm³/mol. The number of carbonyl (C=O) groups is 2. The number of fused-ring (bicyclic) bond motifs is 1. The minimum Gasteiger partial charge on any atom is -0.445 e. The number of ether oxygens (including phenoxy) is 1. The summed E-state index contributed by atoms with van der Waals surface area (Å²) in [6.45, 7) is 3.01. The molecule has 2 amide bonds. The van der Waals surface area contributed by atoms with Crippen molar-refractivity contribution in [1.29, 1.82) is 0 Å². The number of rotatable bonds is 3. The second-order valence-corrected chi connectivity index (χ2v) is 6.85. The van der Waals surface area contributed by atoms with E-state index in [1.165, 1.54) is 0 Å². The van der Waals surface area contributed by atoms with E-state index < -0.39 is 6.09 Å². The van der Waals surface area contributed by atoms with Crippen LogP contribution in [0.15, 0.2) is 54.6 Å². The summed E-state index contributed by atoms with van der Waals surface area (Å²) in [4.78, 5) is 36.0. The van der Waals surface area contributed by atoms with Gasteiger partial charge < -0.3 is 14.6 Å². The van der Waals surface area contributed by atoms with Gasteiger partial charge >= 0.3 is 6.09 Å². The highest BCUT2D eigenvalue weighted by molar-refractivity contribution is 5.76. The maximum absolute atomic E-state index is 12.8. The fourth-order valence-electron chi connectivity index (χ4n) is 3.45. The fraction of sp³-hybridized carbons (Fsp3) is 0.286. The Morgan fingerprint density at radius 1 is 1.11 bits per heavy atom. The van der Waals surface area contributed by atoms with Crippen LogP contribution in [0.5, 0.6) is 0 Å². The molecule has 2 heterocycles. The summed E-state index contributed by atoms with van der Waals surface area (Å²) in [6.07, 6.45) is -0.405. The summed E-state index contributed by atoms with van der Waals surface area (Å²) in [6, 6.07) is 16.9. The molecule has 3 aromatic rings. The largest absolute Gasteiger partial charge is 0.445 e. The third-order valence-electron chi connectivity index (χ3n) is 4.99. The molecule has 7 nitrogen and oxygen atoms in total. The van der Waals surface area contributed by atoms with Gasteiger partial charge in [0.1, 0.15) is 18.5 Å². The van der Waals surface area contributed by atoms with Crippen LogP contribution in [0, 0.1) is 0 Å². The zero-order chi connectivity index (χ0) is 19.5. The first-order valence-corrected chi connectivity index (χ1v) is 9.29. The molecule has 1 N–H and O–H groups in total. The van der Waals surface area contributed by atoms with Crippen LogP contribution < -0.4 is 0 Å². The smallest absolute Gasteiger partial charge is 0.410 e. The Kier molecular flexibility index (Phi) is 4.97. The SMILES string of the molecule is CC(=O)N1CCN(C(=O)OCc2ccccc2)C(c2nc3ccccc3[nH]2)C1. The number of H-pyrrole nitrogens is 1. The average molecular weight is 378 g/mol. The summed E-state index contributed by atoms with van der Waals surface area (Å²) in [7, 11) is 0. The van der Waals surface area contributed by atoms with Crippen LogP contribution in [-0.2, 0) is 16.1 Å². The maximum atomic E-state index is 12.8. The van der Waals surface area contributed by atoms with Gasteiger partial charge in [0, 0.05) is 26.6 Å². The molecule has 0 aliphatic carbocycles. The number of aromatic amines is 1. The van der Waals surface area contributed by atoms with Crippen molar-refractivity contribution in [2.75, 3.05) is 19.6 Å². The second kappa shape index (κ2) is 7.72. The van der Waals surface area contributed by atoms with Gasteiger partial charge in [-0.3, -0.25) is 9.69 Å². The van der Waals surface area contributed by atoms with Crippen LogP contribution in [0.3, 0.4) is 0 Å². The third kappa shape index (κ3) is 3.69. The molecule has 1 aliphatic rings.